The summed E-state index contributed by atoms with van der Waals surface area (Å²) in [5.41, 5.74) is 1.23. The molecule has 2 heterocycles. The molecule has 0 saturated carbocycles. The van der Waals surface area contributed by atoms with Gasteiger partial charge in [-0.3, -0.25) is 4.79 Å². The molecule has 3 rings (SSSR count). The number of rotatable bonds is 5. The number of benzene rings is 1. The first-order valence-corrected chi connectivity index (χ1v) is 7.89. The van der Waals surface area contributed by atoms with Crippen molar-refractivity contribution in [3.63, 3.8) is 0 Å². The largest absolute Gasteiger partial charge is 0.469 e. The second kappa shape index (κ2) is 8.75. The van der Waals surface area contributed by atoms with Gasteiger partial charge in [-0.1, -0.05) is 30.3 Å². The van der Waals surface area contributed by atoms with Gasteiger partial charge in [0.05, 0.1) is 6.26 Å². The highest BCUT2D eigenvalue weighted by atomic mass is 35.5. The van der Waals surface area contributed by atoms with E-state index in [1.165, 1.54) is 5.56 Å². The second-order valence-corrected chi connectivity index (χ2v) is 5.74. The number of hydrogen-bond acceptors (Lipinski definition) is 3. The summed E-state index contributed by atoms with van der Waals surface area (Å²) >= 11 is 0. The summed E-state index contributed by atoms with van der Waals surface area (Å²) in [6.45, 7) is 3.37. The fourth-order valence-corrected chi connectivity index (χ4v) is 2.95. The average Bonchev–Trinajstić information content (AvgIpc) is 3.10. The molecule has 1 aromatic heterocycles. The first-order chi connectivity index (χ1) is 10.8. The van der Waals surface area contributed by atoms with Gasteiger partial charge in [0.25, 0.3) is 0 Å². The molecular formula is C18H23ClN2O2. The van der Waals surface area contributed by atoms with Crippen molar-refractivity contribution in [1.82, 2.24) is 10.2 Å². The summed E-state index contributed by atoms with van der Waals surface area (Å²) in [6, 6.07) is 14.1. The molecule has 0 aliphatic carbocycles. The Morgan fingerprint density at radius 1 is 1.13 bits per heavy atom. The van der Waals surface area contributed by atoms with Crippen LogP contribution in [0.1, 0.15) is 23.7 Å². The topological polar surface area (TPSA) is 45.5 Å². The van der Waals surface area contributed by atoms with Crippen molar-refractivity contribution in [3.8, 4) is 0 Å². The van der Waals surface area contributed by atoms with Crippen LogP contribution >= 0.6 is 12.4 Å². The highest BCUT2D eigenvalue weighted by Gasteiger charge is 2.23. The molecule has 1 aromatic carbocycles. The van der Waals surface area contributed by atoms with Crippen LogP contribution in [0.15, 0.2) is 53.1 Å². The molecule has 4 nitrogen and oxygen atoms in total. The Balaban J connectivity index is 0.00000192. The molecule has 5 heteroatoms. The summed E-state index contributed by atoms with van der Waals surface area (Å²) in [4.78, 5) is 14.5. The number of nitrogens with one attached hydrogen (secondary N) is 1. The molecule has 1 fully saturated rings. The van der Waals surface area contributed by atoms with E-state index in [1.807, 2.05) is 35.2 Å². The highest BCUT2D eigenvalue weighted by molar-refractivity contribution is 5.85. The number of carbonyl (C=O) groups excluding carboxylic acids is 1. The Kier molecular flexibility index (Phi) is 6.68. The van der Waals surface area contributed by atoms with Crippen molar-refractivity contribution in [3.05, 3.63) is 60.1 Å². The predicted molar refractivity (Wildman–Crippen MR) is 92.9 cm³/mol. The third-order valence-electron chi connectivity index (χ3n) is 4.16. The molecule has 1 saturated heterocycles. The van der Waals surface area contributed by atoms with Crippen molar-refractivity contribution in [2.24, 2.45) is 0 Å². The van der Waals surface area contributed by atoms with E-state index in [2.05, 4.69) is 17.4 Å². The van der Waals surface area contributed by atoms with Gasteiger partial charge in [-0.15, -0.1) is 12.4 Å². The van der Waals surface area contributed by atoms with E-state index >= 15 is 0 Å². The van der Waals surface area contributed by atoms with Crippen molar-refractivity contribution in [1.29, 1.82) is 0 Å². The number of piperazine rings is 1. The van der Waals surface area contributed by atoms with Crippen molar-refractivity contribution in [2.75, 3.05) is 26.2 Å². The van der Waals surface area contributed by atoms with E-state index in [4.69, 9.17) is 4.42 Å². The first-order valence-electron chi connectivity index (χ1n) is 7.89. The van der Waals surface area contributed by atoms with Gasteiger partial charge in [0.1, 0.15) is 5.76 Å². The van der Waals surface area contributed by atoms with E-state index in [9.17, 15) is 4.79 Å². The van der Waals surface area contributed by atoms with Crippen molar-refractivity contribution >= 4 is 18.3 Å². The van der Waals surface area contributed by atoms with Crippen molar-refractivity contribution in [2.45, 2.75) is 18.8 Å². The molecule has 0 radical (unpaired) electrons. The summed E-state index contributed by atoms with van der Waals surface area (Å²) in [5, 5.41) is 3.28. The molecule has 1 unspecified atom stereocenters. The molecule has 1 aliphatic rings. The van der Waals surface area contributed by atoms with Crippen LogP contribution in [0.5, 0.6) is 0 Å². The molecule has 23 heavy (non-hydrogen) atoms. The SMILES string of the molecule is Cl.O=C(CC(Cc1ccccc1)c1ccco1)N1CCNCC1. The van der Waals surface area contributed by atoms with Gasteiger partial charge in [0.2, 0.25) is 5.91 Å². The Morgan fingerprint density at radius 3 is 2.52 bits per heavy atom. The lowest BCUT2D eigenvalue weighted by molar-refractivity contribution is -0.132. The minimum Gasteiger partial charge on any atom is -0.469 e. The van der Waals surface area contributed by atoms with E-state index in [-0.39, 0.29) is 24.2 Å². The van der Waals surface area contributed by atoms with E-state index in [1.54, 1.807) is 6.26 Å². The third kappa shape index (κ3) is 4.85. The normalized spacial score (nSPS) is 15.7. The summed E-state index contributed by atoms with van der Waals surface area (Å²) in [7, 11) is 0. The lowest BCUT2D eigenvalue weighted by Crippen LogP contribution is -2.46. The summed E-state index contributed by atoms with van der Waals surface area (Å²) in [6.07, 6.45) is 3.01. The van der Waals surface area contributed by atoms with Crippen LogP contribution < -0.4 is 5.32 Å². The van der Waals surface area contributed by atoms with Crippen LogP contribution in [0.2, 0.25) is 0 Å². The van der Waals surface area contributed by atoms with Gasteiger partial charge >= 0.3 is 0 Å². The highest BCUT2D eigenvalue weighted by Crippen LogP contribution is 2.25. The maximum Gasteiger partial charge on any atom is 0.223 e. The monoisotopic (exact) mass is 334 g/mol. The molecule has 124 valence electrons. The Bertz CT molecular complexity index is 580. The van der Waals surface area contributed by atoms with E-state index < -0.39 is 0 Å². The summed E-state index contributed by atoms with van der Waals surface area (Å²) in [5.74, 6) is 1.21. The van der Waals surface area contributed by atoms with Gasteiger partial charge in [0, 0.05) is 38.5 Å². The maximum atomic E-state index is 12.6. The number of furan rings is 1. The van der Waals surface area contributed by atoms with Crippen LogP contribution in [-0.2, 0) is 11.2 Å². The Morgan fingerprint density at radius 2 is 1.87 bits per heavy atom. The summed E-state index contributed by atoms with van der Waals surface area (Å²) < 4.78 is 5.57. The molecular weight excluding hydrogens is 312 g/mol. The zero-order chi connectivity index (χ0) is 15.2. The predicted octanol–water partition coefficient (Wildman–Crippen LogP) is 2.85. The van der Waals surface area contributed by atoms with Gasteiger partial charge in [-0.05, 0) is 24.1 Å². The standard InChI is InChI=1S/C18H22N2O2.ClH/c21-18(20-10-8-19-9-11-20)14-16(17-7-4-12-22-17)13-15-5-2-1-3-6-15;/h1-7,12,16,19H,8-11,13-14H2;1H. The minimum absolute atomic E-state index is 0. The second-order valence-electron chi connectivity index (χ2n) is 5.74. The van der Waals surface area contributed by atoms with Gasteiger partial charge in [-0.2, -0.15) is 0 Å². The molecule has 1 N–H and O–H groups in total. The molecule has 1 aliphatic heterocycles. The Hall–Kier alpha value is -1.78. The minimum atomic E-state index is 0. The molecule has 1 amide bonds. The van der Waals surface area contributed by atoms with E-state index in [0.717, 1.165) is 38.4 Å². The Labute approximate surface area is 143 Å². The molecule has 2 aromatic rings. The van der Waals surface area contributed by atoms with Gasteiger partial charge < -0.3 is 14.6 Å². The zero-order valence-corrected chi connectivity index (χ0v) is 13.9. The molecule has 0 bridgehead atoms. The number of hydrogen-bond donors (Lipinski definition) is 1. The lowest BCUT2D eigenvalue weighted by atomic mass is 9.93. The maximum absolute atomic E-state index is 12.6. The van der Waals surface area contributed by atoms with Gasteiger partial charge in [0.15, 0.2) is 0 Å². The number of nitrogens with zero attached hydrogens (tertiary/aromatic N) is 1. The van der Waals surface area contributed by atoms with Crippen molar-refractivity contribution < 1.29 is 9.21 Å². The van der Waals surface area contributed by atoms with E-state index in [0.29, 0.717) is 6.42 Å². The number of halogens is 1. The fraction of sp³-hybridized carbons (Fsp3) is 0.389. The lowest BCUT2D eigenvalue weighted by Gasteiger charge is -2.28. The smallest absolute Gasteiger partial charge is 0.223 e. The number of amides is 1. The first kappa shape index (κ1) is 17.6. The van der Waals surface area contributed by atoms with Crippen LogP contribution in [0, 0.1) is 0 Å². The average molecular weight is 335 g/mol. The van der Waals surface area contributed by atoms with Gasteiger partial charge in [-0.25, -0.2) is 0 Å². The number of carbonyl (C=O) groups is 1. The van der Waals surface area contributed by atoms with Crippen LogP contribution in [0.4, 0.5) is 0 Å². The van der Waals surface area contributed by atoms with Crippen LogP contribution in [0.25, 0.3) is 0 Å². The van der Waals surface area contributed by atoms with Crippen LogP contribution in [-0.4, -0.2) is 37.0 Å². The third-order valence-corrected chi connectivity index (χ3v) is 4.16. The van der Waals surface area contributed by atoms with Crippen LogP contribution in [0.3, 0.4) is 0 Å². The zero-order valence-electron chi connectivity index (χ0n) is 13.1. The molecule has 1 atom stereocenters. The fourth-order valence-electron chi connectivity index (χ4n) is 2.95. The molecule has 0 spiro atoms. The quantitative estimate of drug-likeness (QED) is 0.914.